The van der Waals surface area contributed by atoms with Crippen LogP contribution in [0.1, 0.15) is 19.3 Å². The van der Waals surface area contributed by atoms with Gasteiger partial charge in [0.05, 0.1) is 18.3 Å². The Morgan fingerprint density at radius 1 is 1.64 bits per heavy atom. The maximum absolute atomic E-state index is 10.5. The van der Waals surface area contributed by atoms with E-state index in [1.807, 2.05) is 12.2 Å². The summed E-state index contributed by atoms with van der Waals surface area (Å²) in [7, 11) is 0. The third-order valence-corrected chi connectivity index (χ3v) is 2.70. The molecule has 14 heavy (non-hydrogen) atoms. The van der Waals surface area contributed by atoms with E-state index in [0.717, 1.165) is 25.0 Å². The molecule has 0 aromatic rings. The van der Waals surface area contributed by atoms with Crippen molar-refractivity contribution in [3.63, 3.8) is 0 Å². The van der Waals surface area contributed by atoms with E-state index in [9.17, 15) is 4.79 Å². The van der Waals surface area contributed by atoms with Crippen LogP contribution in [0.2, 0.25) is 0 Å². The van der Waals surface area contributed by atoms with Crippen molar-refractivity contribution in [1.82, 2.24) is 0 Å². The lowest BCUT2D eigenvalue weighted by Crippen LogP contribution is -2.04. The molecular formula is C11H14O3. The highest BCUT2D eigenvalue weighted by Crippen LogP contribution is 2.39. The van der Waals surface area contributed by atoms with E-state index in [1.54, 1.807) is 0 Å². The Morgan fingerprint density at radius 3 is 3.07 bits per heavy atom. The molecule has 2 aliphatic rings. The van der Waals surface area contributed by atoms with E-state index in [1.165, 1.54) is 0 Å². The van der Waals surface area contributed by atoms with Gasteiger partial charge in [-0.3, -0.25) is 4.79 Å². The lowest BCUT2D eigenvalue weighted by atomic mass is 10.2. The van der Waals surface area contributed by atoms with Gasteiger partial charge in [-0.2, -0.15) is 0 Å². The summed E-state index contributed by atoms with van der Waals surface area (Å²) in [6.07, 6.45) is 8.80. The average molecular weight is 194 g/mol. The first kappa shape index (κ1) is 9.31. The molecule has 1 fully saturated rings. The lowest BCUT2D eigenvalue weighted by Gasteiger charge is -2.10. The van der Waals surface area contributed by atoms with Crippen molar-refractivity contribution in [3.8, 4) is 0 Å². The number of allylic oxidation sites excluding steroid dienone is 4. The topological polar surface area (TPSA) is 46.5 Å². The first-order valence-corrected chi connectivity index (χ1v) is 4.98. The third-order valence-electron chi connectivity index (χ3n) is 2.70. The van der Waals surface area contributed by atoms with Gasteiger partial charge in [0.25, 0.3) is 0 Å². The number of ether oxygens (including phenoxy) is 1. The highest BCUT2D eigenvalue weighted by Gasteiger charge is 2.43. The number of carboxylic acid groups (broad SMARTS) is 1. The van der Waals surface area contributed by atoms with Crippen LogP contribution in [0.25, 0.3) is 0 Å². The molecule has 2 atom stereocenters. The SMILES string of the molecule is O=C(O)C1CC1COC1=CC=CCC1. The summed E-state index contributed by atoms with van der Waals surface area (Å²) in [6, 6.07) is 0. The molecule has 0 aromatic heterocycles. The summed E-state index contributed by atoms with van der Waals surface area (Å²) >= 11 is 0. The number of carbonyl (C=O) groups is 1. The molecule has 0 amide bonds. The van der Waals surface area contributed by atoms with Crippen molar-refractivity contribution in [2.24, 2.45) is 11.8 Å². The Morgan fingerprint density at radius 2 is 2.50 bits per heavy atom. The molecule has 2 rings (SSSR count). The molecule has 0 saturated heterocycles. The van der Waals surface area contributed by atoms with E-state index in [0.29, 0.717) is 6.61 Å². The van der Waals surface area contributed by atoms with Crippen molar-refractivity contribution < 1.29 is 14.6 Å². The minimum atomic E-state index is -0.684. The third kappa shape index (κ3) is 2.16. The summed E-state index contributed by atoms with van der Waals surface area (Å²) in [5, 5.41) is 8.68. The smallest absolute Gasteiger partial charge is 0.306 e. The number of aliphatic carboxylic acids is 1. The highest BCUT2D eigenvalue weighted by molar-refractivity contribution is 5.73. The maximum atomic E-state index is 10.5. The zero-order chi connectivity index (χ0) is 9.97. The monoisotopic (exact) mass is 194 g/mol. The number of carboxylic acids is 1. The second kappa shape index (κ2) is 3.86. The van der Waals surface area contributed by atoms with Crippen LogP contribution in [-0.2, 0) is 9.53 Å². The largest absolute Gasteiger partial charge is 0.498 e. The molecular weight excluding hydrogens is 180 g/mol. The molecule has 3 heteroatoms. The van der Waals surface area contributed by atoms with Crippen LogP contribution < -0.4 is 0 Å². The van der Waals surface area contributed by atoms with E-state index in [2.05, 4.69) is 6.08 Å². The van der Waals surface area contributed by atoms with Crippen LogP contribution in [0.15, 0.2) is 24.0 Å². The van der Waals surface area contributed by atoms with E-state index < -0.39 is 5.97 Å². The first-order chi connectivity index (χ1) is 6.77. The second-order valence-corrected chi connectivity index (χ2v) is 3.85. The number of hydrogen-bond donors (Lipinski definition) is 1. The van der Waals surface area contributed by atoms with E-state index in [-0.39, 0.29) is 11.8 Å². The second-order valence-electron chi connectivity index (χ2n) is 3.85. The van der Waals surface area contributed by atoms with Crippen LogP contribution in [-0.4, -0.2) is 17.7 Å². The van der Waals surface area contributed by atoms with Crippen molar-refractivity contribution in [3.05, 3.63) is 24.0 Å². The fraction of sp³-hybridized carbons (Fsp3) is 0.545. The highest BCUT2D eigenvalue weighted by atomic mass is 16.5. The normalized spacial score (nSPS) is 29.6. The quantitative estimate of drug-likeness (QED) is 0.744. The minimum Gasteiger partial charge on any atom is -0.498 e. The average Bonchev–Trinajstić information content (AvgIpc) is 2.96. The van der Waals surface area contributed by atoms with Crippen molar-refractivity contribution in [1.29, 1.82) is 0 Å². The molecule has 0 bridgehead atoms. The molecule has 0 aliphatic heterocycles. The summed E-state index contributed by atoms with van der Waals surface area (Å²) < 4.78 is 5.53. The Hall–Kier alpha value is -1.25. The van der Waals surface area contributed by atoms with Crippen molar-refractivity contribution in [2.75, 3.05) is 6.61 Å². The van der Waals surface area contributed by atoms with Crippen LogP contribution in [0.5, 0.6) is 0 Å². The van der Waals surface area contributed by atoms with Crippen molar-refractivity contribution >= 4 is 5.97 Å². The molecule has 0 aromatic carbocycles. The minimum absolute atomic E-state index is 0.158. The Bertz CT molecular complexity index is 291. The van der Waals surface area contributed by atoms with Crippen LogP contribution in [0.4, 0.5) is 0 Å². The van der Waals surface area contributed by atoms with Gasteiger partial charge in [0, 0.05) is 12.3 Å². The van der Waals surface area contributed by atoms with Gasteiger partial charge in [-0.15, -0.1) is 0 Å². The lowest BCUT2D eigenvalue weighted by molar-refractivity contribution is -0.139. The summed E-state index contributed by atoms with van der Waals surface area (Å²) in [5.41, 5.74) is 0. The maximum Gasteiger partial charge on any atom is 0.306 e. The van der Waals surface area contributed by atoms with E-state index in [4.69, 9.17) is 9.84 Å². The van der Waals surface area contributed by atoms with E-state index >= 15 is 0 Å². The zero-order valence-electron chi connectivity index (χ0n) is 7.98. The van der Waals surface area contributed by atoms with Gasteiger partial charge in [-0.05, 0) is 18.9 Å². The van der Waals surface area contributed by atoms with Crippen LogP contribution in [0.3, 0.4) is 0 Å². The molecule has 76 valence electrons. The molecule has 0 radical (unpaired) electrons. The molecule has 0 heterocycles. The molecule has 1 saturated carbocycles. The molecule has 2 unspecified atom stereocenters. The van der Waals surface area contributed by atoms with Gasteiger partial charge < -0.3 is 9.84 Å². The predicted octanol–water partition coefficient (Wildman–Crippen LogP) is 1.96. The fourth-order valence-electron chi connectivity index (χ4n) is 1.65. The fourth-order valence-corrected chi connectivity index (χ4v) is 1.65. The molecule has 1 N–H and O–H groups in total. The van der Waals surface area contributed by atoms with Crippen molar-refractivity contribution in [2.45, 2.75) is 19.3 Å². The molecule has 0 spiro atoms. The number of hydrogen-bond acceptors (Lipinski definition) is 2. The zero-order valence-corrected chi connectivity index (χ0v) is 7.98. The van der Waals surface area contributed by atoms with Crippen LogP contribution >= 0.6 is 0 Å². The summed E-state index contributed by atoms with van der Waals surface area (Å²) in [5.74, 6) is 0.383. The van der Waals surface area contributed by atoms with Gasteiger partial charge in [0.2, 0.25) is 0 Å². The van der Waals surface area contributed by atoms with Gasteiger partial charge in [0.1, 0.15) is 0 Å². The van der Waals surface area contributed by atoms with Crippen LogP contribution in [0, 0.1) is 11.8 Å². The molecule has 2 aliphatic carbocycles. The Balaban J connectivity index is 1.71. The first-order valence-electron chi connectivity index (χ1n) is 4.98. The Labute approximate surface area is 83.1 Å². The summed E-state index contributed by atoms with van der Waals surface area (Å²) in [6.45, 7) is 0.566. The number of rotatable bonds is 4. The Kier molecular flexibility index (Phi) is 2.57. The predicted molar refractivity (Wildman–Crippen MR) is 51.6 cm³/mol. The molecule has 3 nitrogen and oxygen atoms in total. The van der Waals surface area contributed by atoms with Gasteiger partial charge in [-0.1, -0.05) is 12.2 Å². The standard InChI is InChI=1S/C11H14O3/c12-11(13)10-6-8(10)7-14-9-4-2-1-3-5-9/h1-2,4,8,10H,3,5-7H2,(H,12,13). The van der Waals surface area contributed by atoms with Gasteiger partial charge in [-0.25, -0.2) is 0 Å². The summed E-state index contributed by atoms with van der Waals surface area (Å²) in [4.78, 5) is 10.5. The van der Waals surface area contributed by atoms with Gasteiger partial charge >= 0.3 is 5.97 Å². The van der Waals surface area contributed by atoms with Gasteiger partial charge in [0.15, 0.2) is 0 Å².